The first kappa shape index (κ1) is 15.0. The number of ether oxygens (including phenoxy) is 1. The van der Waals surface area contributed by atoms with E-state index in [1.807, 2.05) is 43.3 Å². The van der Waals surface area contributed by atoms with Crippen LogP contribution in [0.4, 0.5) is 5.82 Å². The minimum Gasteiger partial charge on any atom is -0.394 e. The van der Waals surface area contributed by atoms with Crippen molar-refractivity contribution in [2.45, 2.75) is 18.8 Å². The van der Waals surface area contributed by atoms with E-state index in [-0.39, 0.29) is 18.9 Å². The summed E-state index contributed by atoms with van der Waals surface area (Å²) in [5.74, 6) is 0.640. The third-order valence-electron chi connectivity index (χ3n) is 4.19. The summed E-state index contributed by atoms with van der Waals surface area (Å²) in [5.41, 5.74) is 1.84. The van der Waals surface area contributed by atoms with Crippen LogP contribution >= 0.6 is 0 Å². The molecule has 0 radical (unpaired) electrons. The molecule has 1 aliphatic heterocycles. The molecule has 4 rings (SSSR count). The number of para-hydroxylation sites is 1. The van der Waals surface area contributed by atoms with Crippen LogP contribution in [0, 0.1) is 0 Å². The van der Waals surface area contributed by atoms with E-state index >= 15 is 0 Å². The van der Waals surface area contributed by atoms with Crippen molar-refractivity contribution in [1.29, 1.82) is 0 Å². The number of nitrogens with zero attached hydrogens (tertiary/aromatic N) is 5. The number of hydrogen-bond donors (Lipinski definition) is 1. The Balaban J connectivity index is 1.93. The minimum atomic E-state index is -0.120. The zero-order valence-corrected chi connectivity index (χ0v) is 13.6. The fraction of sp³-hybridized carbons (Fsp3) is 0.353. The van der Waals surface area contributed by atoms with E-state index in [9.17, 15) is 5.11 Å². The molecule has 2 aromatic heterocycles. The van der Waals surface area contributed by atoms with E-state index in [0.717, 1.165) is 28.4 Å². The van der Waals surface area contributed by atoms with E-state index in [4.69, 9.17) is 4.74 Å². The van der Waals surface area contributed by atoms with Gasteiger partial charge in [-0.2, -0.15) is 0 Å². The summed E-state index contributed by atoms with van der Waals surface area (Å²) < 4.78 is 7.87. The molecule has 0 saturated carbocycles. The highest BCUT2D eigenvalue weighted by molar-refractivity contribution is 6.11. The molecule has 1 N–H and O–H groups in total. The van der Waals surface area contributed by atoms with E-state index in [2.05, 4.69) is 19.5 Å². The lowest BCUT2D eigenvalue weighted by molar-refractivity contribution is -0.176. The smallest absolute Gasteiger partial charge is 0.166 e. The predicted octanol–water partition coefficient (Wildman–Crippen LogP) is 2.09. The van der Waals surface area contributed by atoms with Gasteiger partial charge in [0.05, 0.1) is 30.0 Å². The van der Waals surface area contributed by atoms with E-state index in [0.29, 0.717) is 5.82 Å². The Hall–Kier alpha value is -2.51. The lowest BCUT2D eigenvalue weighted by atomic mass is 10.1. The molecule has 24 heavy (non-hydrogen) atoms. The van der Waals surface area contributed by atoms with Gasteiger partial charge in [-0.05, 0) is 6.07 Å². The van der Waals surface area contributed by atoms with Gasteiger partial charge in [0.25, 0.3) is 0 Å². The molecule has 3 heterocycles. The Morgan fingerprint density at radius 3 is 2.92 bits per heavy atom. The van der Waals surface area contributed by atoms with Crippen molar-refractivity contribution in [3.05, 3.63) is 30.6 Å². The van der Waals surface area contributed by atoms with Crippen LogP contribution < -0.4 is 0 Å². The van der Waals surface area contributed by atoms with Crippen LogP contribution in [0.25, 0.3) is 21.9 Å². The molecular formula is C17H19N5O2. The average Bonchev–Trinajstić information content (AvgIpc) is 2.87. The van der Waals surface area contributed by atoms with E-state index in [1.165, 1.54) is 6.33 Å². The molecule has 2 atom stereocenters. The van der Waals surface area contributed by atoms with Crippen LogP contribution in [0.3, 0.4) is 0 Å². The van der Waals surface area contributed by atoms with Gasteiger partial charge in [0.1, 0.15) is 18.2 Å². The maximum atomic E-state index is 9.21. The fourth-order valence-electron chi connectivity index (χ4n) is 3.08. The summed E-state index contributed by atoms with van der Waals surface area (Å²) in [7, 11) is 3.84. The maximum Gasteiger partial charge on any atom is 0.166 e. The van der Waals surface area contributed by atoms with Crippen molar-refractivity contribution < 1.29 is 9.84 Å². The Kier molecular flexibility index (Phi) is 3.66. The van der Waals surface area contributed by atoms with Gasteiger partial charge in [0.15, 0.2) is 5.82 Å². The number of aliphatic hydroxyl groups excluding tert-OH is 1. The molecule has 0 aliphatic carbocycles. The van der Waals surface area contributed by atoms with Crippen LogP contribution in [0.15, 0.2) is 35.6 Å². The van der Waals surface area contributed by atoms with E-state index in [1.54, 1.807) is 6.34 Å². The third kappa shape index (κ3) is 2.33. The van der Waals surface area contributed by atoms with Crippen molar-refractivity contribution >= 4 is 34.1 Å². The van der Waals surface area contributed by atoms with Crippen molar-refractivity contribution in [3.63, 3.8) is 0 Å². The van der Waals surface area contributed by atoms with Gasteiger partial charge < -0.3 is 14.7 Å². The van der Waals surface area contributed by atoms with Crippen LogP contribution in [0.1, 0.15) is 12.6 Å². The van der Waals surface area contributed by atoms with Crippen molar-refractivity contribution in [3.8, 4) is 0 Å². The molecule has 0 amide bonds. The lowest BCUT2D eigenvalue weighted by Crippen LogP contribution is -2.37. The predicted molar refractivity (Wildman–Crippen MR) is 92.5 cm³/mol. The van der Waals surface area contributed by atoms with Crippen LogP contribution in [-0.4, -0.2) is 57.7 Å². The number of aliphatic imine (C=N–C) groups is 1. The van der Waals surface area contributed by atoms with Gasteiger partial charge in [-0.3, -0.25) is 4.57 Å². The Morgan fingerprint density at radius 1 is 1.38 bits per heavy atom. The molecule has 1 fully saturated rings. The molecule has 0 bridgehead atoms. The number of rotatable bonds is 4. The molecule has 1 aliphatic rings. The van der Waals surface area contributed by atoms with Gasteiger partial charge in [-0.15, -0.1) is 0 Å². The zero-order valence-electron chi connectivity index (χ0n) is 13.6. The highest BCUT2D eigenvalue weighted by Crippen LogP contribution is 2.40. The molecular weight excluding hydrogens is 306 g/mol. The van der Waals surface area contributed by atoms with Crippen molar-refractivity contribution in [2.24, 2.45) is 4.99 Å². The Labute approximate surface area is 139 Å². The molecule has 7 heteroatoms. The highest BCUT2D eigenvalue weighted by atomic mass is 16.5. The zero-order chi connectivity index (χ0) is 16.7. The summed E-state index contributed by atoms with van der Waals surface area (Å²) in [4.78, 5) is 15.2. The summed E-state index contributed by atoms with van der Waals surface area (Å²) in [5, 5.41) is 11.2. The Bertz CT molecular complexity index is 912. The summed E-state index contributed by atoms with van der Waals surface area (Å²) in [6.07, 6.45) is 3.81. The van der Waals surface area contributed by atoms with Crippen molar-refractivity contribution in [2.75, 3.05) is 20.7 Å². The van der Waals surface area contributed by atoms with Crippen LogP contribution in [-0.2, 0) is 4.74 Å². The number of fused-ring (bicyclic) bond motifs is 3. The number of hydrogen-bond acceptors (Lipinski definition) is 5. The lowest BCUT2D eigenvalue weighted by Gasteiger charge is -2.36. The third-order valence-corrected chi connectivity index (χ3v) is 4.19. The quantitative estimate of drug-likeness (QED) is 0.587. The monoisotopic (exact) mass is 325 g/mol. The number of aromatic nitrogens is 3. The Morgan fingerprint density at radius 2 is 2.17 bits per heavy atom. The molecule has 2 unspecified atom stereocenters. The molecule has 0 spiro atoms. The van der Waals surface area contributed by atoms with Crippen LogP contribution in [0.2, 0.25) is 0 Å². The second-order valence-corrected chi connectivity index (χ2v) is 6.12. The maximum absolute atomic E-state index is 9.21. The first-order valence-corrected chi connectivity index (χ1v) is 7.89. The SMILES string of the molecule is CN(C)/C=N\c1ncnc2c1c1ccccc1n2C1CC(CO)O1. The molecule has 7 nitrogen and oxygen atoms in total. The molecule has 1 aromatic carbocycles. The van der Waals surface area contributed by atoms with Crippen molar-refractivity contribution in [1.82, 2.24) is 19.4 Å². The fourth-order valence-corrected chi connectivity index (χ4v) is 3.08. The van der Waals surface area contributed by atoms with E-state index < -0.39 is 0 Å². The number of aliphatic hydroxyl groups is 1. The topological polar surface area (TPSA) is 75.8 Å². The summed E-state index contributed by atoms with van der Waals surface area (Å²) >= 11 is 0. The summed E-state index contributed by atoms with van der Waals surface area (Å²) in [6, 6.07) is 8.09. The molecule has 124 valence electrons. The first-order chi connectivity index (χ1) is 11.7. The normalized spacial score (nSPS) is 20.8. The standard InChI is InChI=1S/C17H19N5O2/c1-21(2)10-20-16-15-12-5-3-4-6-13(12)22(17(15)19-9-18-16)14-7-11(8-23)24-14/h3-6,9-11,14,23H,7-8H2,1-2H3/b20-10-. The molecule has 1 saturated heterocycles. The second-order valence-electron chi connectivity index (χ2n) is 6.12. The average molecular weight is 325 g/mol. The largest absolute Gasteiger partial charge is 0.394 e. The van der Waals surface area contributed by atoms with Gasteiger partial charge >= 0.3 is 0 Å². The van der Waals surface area contributed by atoms with Gasteiger partial charge in [-0.25, -0.2) is 15.0 Å². The summed E-state index contributed by atoms with van der Waals surface area (Å²) in [6.45, 7) is 0.0427. The van der Waals surface area contributed by atoms with Gasteiger partial charge in [0.2, 0.25) is 0 Å². The minimum absolute atomic E-state index is 0.0427. The number of benzene rings is 1. The molecule has 3 aromatic rings. The van der Waals surface area contributed by atoms with Gasteiger partial charge in [0, 0.05) is 25.9 Å². The van der Waals surface area contributed by atoms with Crippen LogP contribution in [0.5, 0.6) is 0 Å². The van der Waals surface area contributed by atoms with Gasteiger partial charge in [-0.1, -0.05) is 18.2 Å². The highest BCUT2D eigenvalue weighted by Gasteiger charge is 2.33. The first-order valence-electron chi connectivity index (χ1n) is 7.89. The second kappa shape index (κ2) is 5.85.